The summed E-state index contributed by atoms with van der Waals surface area (Å²) in [5, 5.41) is 12.7. The minimum absolute atomic E-state index is 0.0970. The third-order valence-corrected chi connectivity index (χ3v) is 4.13. The van der Waals surface area contributed by atoms with Crippen molar-refractivity contribution in [2.75, 3.05) is 6.61 Å². The number of rotatable bonds is 6. The molecule has 2 unspecified atom stereocenters. The van der Waals surface area contributed by atoms with Crippen LogP contribution < -0.4 is 5.32 Å². The number of nitrogens with one attached hydrogen (secondary N) is 1. The van der Waals surface area contributed by atoms with Crippen LogP contribution >= 0.6 is 34.5 Å². The predicted molar refractivity (Wildman–Crippen MR) is 76.2 cm³/mol. The molecule has 1 rings (SSSR count). The number of aliphatic hydroxyl groups is 1. The SMILES string of the molecule is CC(C)CC(CO)NC(C)c1cc(Cl)sc1Cl. The van der Waals surface area contributed by atoms with Crippen LogP contribution in [0.15, 0.2) is 6.07 Å². The highest BCUT2D eigenvalue weighted by molar-refractivity contribution is 7.20. The monoisotopic (exact) mass is 295 g/mol. The van der Waals surface area contributed by atoms with Crippen LogP contribution in [-0.2, 0) is 0 Å². The normalized spacial score (nSPS) is 15.2. The fraction of sp³-hybridized carbons (Fsp3) is 0.667. The zero-order valence-electron chi connectivity index (χ0n) is 10.3. The molecular weight excluding hydrogens is 277 g/mol. The molecule has 2 atom stereocenters. The Bertz CT molecular complexity index is 354. The summed E-state index contributed by atoms with van der Waals surface area (Å²) in [5.74, 6) is 0.549. The lowest BCUT2D eigenvalue weighted by Gasteiger charge is -2.23. The largest absolute Gasteiger partial charge is 0.395 e. The van der Waals surface area contributed by atoms with Gasteiger partial charge in [0.15, 0.2) is 0 Å². The molecule has 1 aromatic heterocycles. The number of thiophene rings is 1. The second-order valence-electron chi connectivity index (χ2n) is 4.68. The Morgan fingerprint density at radius 1 is 1.35 bits per heavy atom. The van der Waals surface area contributed by atoms with E-state index in [-0.39, 0.29) is 18.7 Å². The highest BCUT2D eigenvalue weighted by Gasteiger charge is 2.17. The molecule has 0 aliphatic heterocycles. The van der Waals surface area contributed by atoms with E-state index in [0.717, 1.165) is 16.3 Å². The second kappa shape index (κ2) is 6.95. The molecule has 0 saturated heterocycles. The van der Waals surface area contributed by atoms with E-state index in [2.05, 4.69) is 19.2 Å². The van der Waals surface area contributed by atoms with Gasteiger partial charge in [0.1, 0.15) is 0 Å². The smallest absolute Gasteiger partial charge is 0.0991 e. The summed E-state index contributed by atoms with van der Waals surface area (Å²) in [6, 6.07) is 2.08. The summed E-state index contributed by atoms with van der Waals surface area (Å²) in [7, 11) is 0. The fourth-order valence-electron chi connectivity index (χ4n) is 1.86. The van der Waals surface area contributed by atoms with Crippen LogP contribution in [0.1, 0.15) is 38.8 Å². The van der Waals surface area contributed by atoms with Crippen LogP contribution in [0.2, 0.25) is 8.67 Å². The Morgan fingerprint density at radius 3 is 2.41 bits per heavy atom. The third kappa shape index (κ3) is 4.76. The van der Waals surface area contributed by atoms with Crippen molar-refractivity contribution in [3.63, 3.8) is 0 Å². The lowest BCUT2D eigenvalue weighted by Crippen LogP contribution is -2.35. The third-order valence-electron chi connectivity index (χ3n) is 2.61. The molecular formula is C12H19Cl2NOS. The predicted octanol–water partition coefficient (Wildman–Crippen LogP) is 4.11. The summed E-state index contributed by atoms with van der Waals surface area (Å²) in [6.07, 6.45) is 0.941. The molecule has 0 aromatic carbocycles. The van der Waals surface area contributed by atoms with E-state index in [4.69, 9.17) is 23.2 Å². The van der Waals surface area contributed by atoms with Crippen LogP contribution in [0, 0.1) is 5.92 Å². The standard InChI is InChI=1S/C12H19Cl2NOS/c1-7(2)4-9(6-16)15-8(3)10-5-11(13)17-12(10)14/h5,7-9,15-16H,4,6H2,1-3H3. The highest BCUT2D eigenvalue weighted by Crippen LogP contribution is 2.35. The van der Waals surface area contributed by atoms with E-state index in [1.807, 2.05) is 13.0 Å². The van der Waals surface area contributed by atoms with Gasteiger partial charge in [-0.1, -0.05) is 37.0 Å². The van der Waals surface area contributed by atoms with Crippen molar-refractivity contribution in [3.05, 3.63) is 20.3 Å². The van der Waals surface area contributed by atoms with Crippen molar-refractivity contribution in [3.8, 4) is 0 Å². The Labute approximate surface area is 117 Å². The van der Waals surface area contributed by atoms with E-state index in [1.165, 1.54) is 11.3 Å². The van der Waals surface area contributed by atoms with Crippen molar-refractivity contribution in [2.24, 2.45) is 5.92 Å². The number of aliphatic hydroxyl groups excluding tert-OH is 1. The number of halogens is 2. The van der Waals surface area contributed by atoms with Crippen molar-refractivity contribution in [1.29, 1.82) is 0 Å². The second-order valence-corrected chi connectivity index (χ2v) is 6.96. The van der Waals surface area contributed by atoms with Gasteiger partial charge in [-0.05, 0) is 30.9 Å². The topological polar surface area (TPSA) is 32.3 Å². The molecule has 0 aliphatic carbocycles. The molecule has 0 radical (unpaired) electrons. The van der Waals surface area contributed by atoms with E-state index in [9.17, 15) is 5.11 Å². The molecule has 98 valence electrons. The maximum Gasteiger partial charge on any atom is 0.0991 e. The van der Waals surface area contributed by atoms with Crippen molar-refractivity contribution >= 4 is 34.5 Å². The van der Waals surface area contributed by atoms with Crippen molar-refractivity contribution < 1.29 is 5.11 Å². The zero-order valence-corrected chi connectivity index (χ0v) is 12.7. The molecule has 0 spiro atoms. The van der Waals surface area contributed by atoms with Crippen LogP contribution in [0.4, 0.5) is 0 Å². The van der Waals surface area contributed by atoms with Gasteiger partial charge >= 0.3 is 0 Å². The van der Waals surface area contributed by atoms with E-state index >= 15 is 0 Å². The van der Waals surface area contributed by atoms with Crippen LogP contribution in [0.3, 0.4) is 0 Å². The minimum atomic E-state index is 0.0970. The summed E-state index contributed by atoms with van der Waals surface area (Å²) >= 11 is 13.4. The van der Waals surface area contributed by atoms with Crippen LogP contribution in [0.25, 0.3) is 0 Å². The molecule has 17 heavy (non-hydrogen) atoms. The van der Waals surface area contributed by atoms with E-state index in [0.29, 0.717) is 10.3 Å². The first kappa shape index (κ1) is 15.3. The van der Waals surface area contributed by atoms with Gasteiger partial charge in [0.05, 0.1) is 15.3 Å². The molecule has 0 amide bonds. The highest BCUT2D eigenvalue weighted by atomic mass is 35.5. The Balaban J connectivity index is 2.64. The van der Waals surface area contributed by atoms with Gasteiger partial charge in [0.25, 0.3) is 0 Å². The molecule has 5 heteroatoms. The molecule has 1 aromatic rings. The average Bonchev–Trinajstić information content (AvgIpc) is 2.56. The molecule has 0 aliphatic rings. The van der Waals surface area contributed by atoms with Gasteiger partial charge in [-0.3, -0.25) is 0 Å². The number of hydrogen-bond donors (Lipinski definition) is 2. The van der Waals surface area contributed by atoms with Gasteiger partial charge < -0.3 is 10.4 Å². The molecule has 2 N–H and O–H groups in total. The summed E-state index contributed by atoms with van der Waals surface area (Å²) in [4.78, 5) is 0. The molecule has 1 heterocycles. The lowest BCUT2D eigenvalue weighted by molar-refractivity contribution is 0.215. The maximum atomic E-state index is 9.33. The number of hydrogen-bond acceptors (Lipinski definition) is 3. The first-order chi connectivity index (χ1) is 7.93. The lowest BCUT2D eigenvalue weighted by atomic mass is 10.0. The van der Waals surface area contributed by atoms with Crippen molar-refractivity contribution in [1.82, 2.24) is 5.32 Å². The van der Waals surface area contributed by atoms with Gasteiger partial charge in [0, 0.05) is 12.1 Å². The zero-order chi connectivity index (χ0) is 13.0. The summed E-state index contributed by atoms with van der Waals surface area (Å²) in [6.45, 7) is 6.46. The molecule has 0 saturated carbocycles. The summed E-state index contributed by atoms with van der Waals surface area (Å²) in [5.41, 5.74) is 1.00. The van der Waals surface area contributed by atoms with Crippen LogP contribution in [-0.4, -0.2) is 17.8 Å². The van der Waals surface area contributed by atoms with E-state index < -0.39 is 0 Å². The first-order valence-electron chi connectivity index (χ1n) is 5.75. The van der Waals surface area contributed by atoms with Gasteiger partial charge in [-0.25, -0.2) is 0 Å². The fourth-order valence-corrected chi connectivity index (χ4v) is 3.50. The Kier molecular flexibility index (Phi) is 6.24. The van der Waals surface area contributed by atoms with Gasteiger partial charge in [0.2, 0.25) is 0 Å². The maximum absolute atomic E-state index is 9.33. The molecule has 0 fully saturated rings. The minimum Gasteiger partial charge on any atom is -0.395 e. The average molecular weight is 296 g/mol. The first-order valence-corrected chi connectivity index (χ1v) is 7.33. The quantitative estimate of drug-likeness (QED) is 0.828. The summed E-state index contributed by atoms with van der Waals surface area (Å²) < 4.78 is 1.42. The van der Waals surface area contributed by atoms with Gasteiger partial charge in [-0.2, -0.15) is 0 Å². The Morgan fingerprint density at radius 2 is 2.00 bits per heavy atom. The van der Waals surface area contributed by atoms with E-state index in [1.54, 1.807) is 0 Å². The van der Waals surface area contributed by atoms with Gasteiger partial charge in [-0.15, -0.1) is 11.3 Å². The molecule has 0 bridgehead atoms. The Hall–Kier alpha value is 0.200. The van der Waals surface area contributed by atoms with Crippen molar-refractivity contribution in [2.45, 2.75) is 39.3 Å². The molecule has 2 nitrogen and oxygen atoms in total. The van der Waals surface area contributed by atoms with Crippen LogP contribution in [0.5, 0.6) is 0 Å².